The van der Waals surface area contributed by atoms with Crippen molar-refractivity contribution in [2.75, 3.05) is 20.6 Å². The summed E-state index contributed by atoms with van der Waals surface area (Å²) in [7, 11) is 4.27. The number of nitrogens with two attached hydrogens (primary N) is 1. The van der Waals surface area contributed by atoms with E-state index in [0.29, 0.717) is 6.04 Å². The van der Waals surface area contributed by atoms with Gasteiger partial charge >= 0.3 is 0 Å². The molecule has 0 saturated heterocycles. The van der Waals surface area contributed by atoms with Crippen LogP contribution in [0.5, 0.6) is 0 Å². The SMILES string of the molecule is CN(C)C(CNC(=O)C1CCC(N)C1)C1CCCCC1. The van der Waals surface area contributed by atoms with Crippen LogP contribution < -0.4 is 11.1 Å². The highest BCUT2D eigenvalue weighted by atomic mass is 16.1. The lowest BCUT2D eigenvalue weighted by Gasteiger charge is -2.35. The maximum Gasteiger partial charge on any atom is 0.223 e. The second-order valence-electron chi connectivity index (χ2n) is 6.94. The molecule has 1 amide bonds. The summed E-state index contributed by atoms with van der Waals surface area (Å²) in [6.07, 6.45) is 9.52. The summed E-state index contributed by atoms with van der Waals surface area (Å²) in [5.74, 6) is 1.12. The van der Waals surface area contributed by atoms with Crippen molar-refractivity contribution < 1.29 is 4.79 Å². The van der Waals surface area contributed by atoms with Gasteiger partial charge in [0.25, 0.3) is 0 Å². The Hall–Kier alpha value is -0.610. The Kier molecular flexibility index (Phi) is 5.85. The minimum atomic E-state index is 0.152. The van der Waals surface area contributed by atoms with Gasteiger partial charge in [-0.05, 0) is 52.1 Å². The molecule has 0 aromatic rings. The summed E-state index contributed by atoms with van der Waals surface area (Å²) in [5, 5.41) is 3.19. The highest BCUT2D eigenvalue weighted by molar-refractivity contribution is 5.79. The van der Waals surface area contributed by atoms with Crippen LogP contribution >= 0.6 is 0 Å². The van der Waals surface area contributed by atoms with Gasteiger partial charge in [-0.3, -0.25) is 4.79 Å². The van der Waals surface area contributed by atoms with E-state index in [0.717, 1.165) is 31.7 Å². The first-order valence-corrected chi connectivity index (χ1v) is 8.27. The maximum absolute atomic E-state index is 12.2. The molecule has 3 N–H and O–H groups in total. The fourth-order valence-corrected chi connectivity index (χ4v) is 3.89. The van der Waals surface area contributed by atoms with Crippen LogP contribution in [0.2, 0.25) is 0 Å². The van der Waals surface area contributed by atoms with E-state index in [9.17, 15) is 4.79 Å². The van der Waals surface area contributed by atoms with Crippen LogP contribution in [0.1, 0.15) is 51.4 Å². The monoisotopic (exact) mass is 281 g/mol. The van der Waals surface area contributed by atoms with Crippen molar-refractivity contribution in [3.63, 3.8) is 0 Å². The molecule has 0 aliphatic heterocycles. The van der Waals surface area contributed by atoms with Crippen LogP contribution in [0.25, 0.3) is 0 Å². The summed E-state index contributed by atoms with van der Waals surface area (Å²) in [6, 6.07) is 0.711. The van der Waals surface area contributed by atoms with Crippen molar-refractivity contribution in [1.82, 2.24) is 10.2 Å². The third-order valence-electron chi connectivity index (χ3n) is 5.19. The predicted octanol–water partition coefficient (Wildman–Crippen LogP) is 1.74. The topological polar surface area (TPSA) is 58.4 Å². The molecule has 2 fully saturated rings. The van der Waals surface area contributed by atoms with E-state index < -0.39 is 0 Å². The first kappa shape index (κ1) is 15.8. The molecule has 0 spiro atoms. The fourth-order valence-electron chi connectivity index (χ4n) is 3.89. The first-order valence-electron chi connectivity index (χ1n) is 8.27. The fraction of sp³-hybridized carbons (Fsp3) is 0.938. The first-order chi connectivity index (χ1) is 9.58. The van der Waals surface area contributed by atoms with Crippen molar-refractivity contribution in [2.45, 2.75) is 63.5 Å². The van der Waals surface area contributed by atoms with Crippen LogP contribution in [-0.2, 0) is 4.79 Å². The molecule has 20 heavy (non-hydrogen) atoms. The largest absolute Gasteiger partial charge is 0.354 e. The molecule has 2 rings (SSSR count). The number of rotatable bonds is 5. The van der Waals surface area contributed by atoms with Gasteiger partial charge in [-0.1, -0.05) is 19.3 Å². The van der Waals surface area contributed by atoms with Gasteiger partial charge in [0.05, 0.1) is 0 Å². The quantitative estimate of drug-likeness (QED) is 0.807. The minimum Gasteiger partial charge on any atom is -0.354 e. The summed E-state index contributed by atoms with van der Waals surface area (Å²) >= 11 is 0. The molecule has 0 radical (unpaired) electrons. The van der Waals surface area contributed by atoms with Crippen LogP contribution in [0.4, 0.5) is 0 Å². The Morgan fingerprint density at radius 1 is 1.20 bits per heavy atom. The lowest BCUT2D eigenvalue weighted by molar-refractivity contribution is -0.125. The molecule has 0 heterocycles. The Labute approximate surface area is 123 Å². The lowest BCUT2D eigenvalue weighted by atomic mass is 9.83. The van der Waals surface area contributed by atoms with Crippen molar-refractivity contribution in [1.29, 1.82) is 0 Å². The molecule has 116 valence electrons. The van der Waals surface area contributed by atoms with E-state index in [4.69, 9.17) is 5.73 Å². The molecule has 2 saturated carbocycles. The predicted molar refractivity (Wildman–Crippen MR) is 82.4 cm³/mol. The molecule has 0 bridgehead atoms. The molecule has 4 heteroatoms. The summed E-state index contributed by atoms with van der Waals surface area (Å²) < 4.78 is 0. The van der Waals surface area contributed by atoms with Crippen LogP contribution in [0.15, 0.2) is 0 Å². The molecule has 2 aliphatic carbocycles. The van der Waals surface area contributed by atoms with Gasteiger partial charge in [0.15, 0.2) is 0 Å². The number of likely N-dealkylation sites (N-methyl/N-ethyl adjacent to an activating group) is 1. The Bertz CT molecular complexity index is 313. The van der Waals surface area contributed by atoms with Gasteiger partial charge in [-0.2, -0.15) is 0 Å². The Balaban J connectivity index is 1.80. The van der Waals surface area contributed by atoms with Gasteiger partial charge in [0.1, 0.15) is 0 Å². The summed E-state index contributed by atoms with van der Waals surface area (Å²) in [5.41, 5.74) is 5.90. The van der Waals surface area contributed by atoms with Gasteiger partial charge in [-0.15, -0.1) is 0 Å². The highest BCUT2D eigenvalue weighted by Gasteiger charge is 2.30. The number of nitrogens with zero attached hydrogens (tertiary/aromatic N) is 1. The van der Waals surface area contributed by atoms with E-state index in [1.807, 2.05) is 0 Å². The zero-order valence-corrected chi connectivity index (χ0v) is 13.1. The van der Waals surface area contributed by atoms with Crippen molar-refractivity contribution >= 4 is 5.91 Å². The van der Waals surface area contributed by atoms with E-state index >= 15 is 0 Å². The minimum absolute atomic E-state index is 0.152. The Morgan fingerprint density at radius 3 is 2.45 bits per heavy atom. The number of nitrogens with one attached hydrogen (secondary N) is 1. The number of carbonyl (C=O) groups excluding carboxylic acids is 1. The standard InChI is InChI=1S/C16H31N3O/c1-19(2)15(12-6-4-3-5-7-12)11-18-16(20)13-8-9-14(17)10-13/h12-15H,3-11,17H2,1-2H3,(H,18,20). The number of amides is 1. The molecule has 3 atom stereocenters. The van der Waals surface area contributed by atoms with Gasteiger partial charge in [-0.25, -0.2) is 0 Å². The number of carbonyl (C=O) groups is 1. The van der Waals surface area contributed by atoms with Crippen molar-refractivity contribution in [3.8, 4) is 0 Å². The summed E-state index contributed by atoms with van der Waals surface area (Å²) in [6.45, 7) is 0.794. The van der Waals surface area contributed by atoms with Gasteiger partial charge in [0, 0.05) is 24.5 Å². The van der Waals surface area contributed by atoms with Crippen LogP contribution in [0, 0.1) is 11.8 Å². The smallest absolute Gasteiger partial charge is 0.223 e. The third-order valence-corrected chi connectivity index (χ3v) is 5.19. The van der Waals surface area contributed by atoms with E-state index in [2.05, 4.69) is 24.3 Å². The van der Waals surface area contributed by atoms with Crippen molar-refractivity contribution in [2.24, 2.45) is 17.6 Å². The van der Waals surface area contributed by atoms with Crippen LogP contribution in [-0.4, -0.2) is 43.5 Å². The third kappa shape index (κ3) is 4.19. The second-order valence-corrected chi connectivity index (χ2v) is 6.94. The average molecular weight is 281 g/mol. The zero-order chi connectivity index (χ0) is 14.5. The zero-order valence-electron chi connectivity index (χ0n) is 13.1. The normalized spacial score (nSPS) is 29.6. The molecule has 3 unspecified atom stereocenters. The molecule has 0 aromatic heterocycles. The highest BCUT2D eigenvalue weighted by Crippen LogP contribution is 2.28. The van der Waals surface area contributed by atoms with E-state index in [1.54, 1.807) is 0 Å². The van der Waals surface area contributed by atoms with Crippen LogP contribution in [0.3, 0.4) is 0 Å². The average Bonchev–Trinajstić information content (AvgIpc) is 2.86. The lowest BCUT2D eigenvalue weighted by Crippen LogP contribution is -2.46. The van der Waals surface area contributed by atoms with E-state index in [-0.39, 0.29) is 17.9 Å². The van der Waals surface area contributed by atoms with Gasteiger partial charge < -0.3 is 16.0 Å². The molecular formula is C16H31N3O. The molecule has 0 aromatic carbocycles. The van der Waals surface area contributed by atoms with E-state index in [1.165, 1.54) is 32.1 Å². The molecule has 4 nitrogen and oxygen atoms in total. The second kappa shape index (κ2) is 7.41. The maximum atomic E-state index is 12.2. The number of hydrogen-bond donors (Lipinski definition) is 2. The summed E-state index contributed by atoms with van der Waals surface area (Å²) in [4.78, 5) is 14.5. The molecule has 2 aliphatic rings. The number of hydrogen-bond acceptors (Lipinski definition) is 3. The van der Waals surface area contributed by atoms with Gasteiger partial charge in [0.2, 0.25) is 5.91 Å². The Morgan fingerprint density at radius 2 is 1.90 bits per heavy atom. The molecular weight excluding hydrogens is 250 g/mol. The van der Waals surface area contributed by atoms with Crippen molar-refractivity contribution in [3.05, 3.63) is 0 Å².